The van der Waals surface area contributed by atoms with E-state index in [0.717, 1.165) is 18.5 Å². The molecule has 1 aromatic heterocycles. The number of isothiocyanates is 1. The third-order valence-electron chi connectivity index (χ3n) is 2.22. The van der Waals surface area contributed by atoms with Crippen molar-refractivity contribution in [3.8, 4) is 0 Å². The zero-order chi connectivity index (χ0) is 10.1. The van der Waals surface area contributed by atoms with Gasteiger partial charge >= 0.3 is 0 Å². The second-order valence-corrected chi connectivity index (χ2v) is 3.54. The van der Waals surface area contributed by atoms with Gasteiger partial charge in [0.25, 0.3) is 5.56 Å². The minimum Gasteiger partial charge on any atom is -0.265 e. The van der Waals surface area contributed by atoms with E-state index in [9.17, 15) is 4.79 Å². The van der Waals surface area contributed by atoms with Crippen molar-refractivity contribution in [3.05, 3.63) is 22.1 Å². The average molecular weight is 207 g/mol. The van der Waals surface area contributed by atoms with Gasteiger partial charge in [-0.2, -0.15) is 10.1 Å². The van der Waals surface area contributed by atoms with E-state index in [0.29, 0.717) is 11.6 Å². The fourth-order valence-corrected chi connectivity index (χ4v) is 1.42. The lowest BCUT2D eigenvalue weighted by Gasteiger charge is -2.01. The average Bonchev–Trinajstić information content (AvgIpc) is 2.96. The minimum absolute atomic E-state index is 0.230. The third kappa shape index (κ3) is 1.64. The Morgan fingerprint density at radius 1 is 1.71 bits per heavy atom. The van der Waals surface area contributed by atoms with Crippen LogP contribution in [0.25, 0.3) is 0 Å². The third-order valence-corrected chi connectivity index (χ3v) is 2.32. The lowest BCUT2D eigenvalue weighted by Crippen LogP contribution is -2.20. The first-order valence-electron chi connectivity index (χ1n) is 4.38. The maximum Gasteiger partial charge on any atom is 0.293 e. The molecule has 1 aromatic rings. The van der Waals surface area contributed by atoms with Crippen molar-refractivity contribution in [2.24, 2.45) is 12.0 Å². The molecule has 0 N–H and O–H groups in total. The second-order valence-electron chi connectivity index (χ2n) is 3.36. The van der Waals surface area contributed by atoms with Crippen LogP contribution in [0.15, 0.2) is 15.9 Å². The first kappa shape index (κ1) is 9.24. The number of aliphatic imine (C=N–C) groups is 1. The predicted molar refractivity (Wildman–Crippen MR) is 56.1 cm³/mol. The van der Waals surface area contributed by atoms with Gasteiger partial charge in [0.15, 0.2) is 0 Å². The van der Waals surface area contributed by atoms with Crippen LogP contribution in [-0.2, 0) is 7.05 Å². The maximum absolute atomic E-state index is 11.5. The Morgan fingerprint density at radius 3 is 3.00 bits per heavy atom. The highest BCUT2D eigenvalue weighted by Gasteiger charge is 2.26. The highest BCUT2D eigenvalue weighted by atomic mass is 32.1. The number of nitrogens with zero attached hydrogens (tertiary/aromatic N) is 3. The van der Waals surface area contributed by atoms with Crippen molar-refractivity contribution in [2.75, 3.05) is 0 Å². The standard InChI is InChI=1S/C9H9N3OS/c1-12-9(13)8(10-5-14)4-7(11-12)6-2-3-6/h4,6H,2-3H2,1H3. The molecule has 0 saturated heterocycles. The molecule has 0 unspecified atom stereocenters. The Bertz CT molecular complexity index is 469. The van der Waals surface area contributed by atoms with Gasteiger partial charge < -0.3 is 0 Å². The summed E-state index contributed by atoms with van der Waals surface area (Å²) in [5, 5.41) is 6.37. The van der Waals surface area contributed by atoms with E-state index in [1.165, 1.54) is 4.68 Å². The molecule has 4 nitrogen and oxygen atoms in total. The van der Waals surface area contributed by atoms with E-state index < -0.39 is 0 Å². The molecule has 0 aromatic carbocycles. The molecule has 0 spiro atoms. The summed E-state index contributed by atoms with van der Waals surface area (Å²) >= 11 is 4.48. The van der Waals surface area contributed by atoms with Gasteiger partial charge in [-0.3, -0.25) is 4.79 Å². The van der Waals surface area contributed by atoms with Crippen LogP contribution in [0.2, 0.25) is 0 Å². The molecular weight excluding hydrogens is 198 g/mol. The van der Waals surface area contributed by atoms with Gasteiger partial charge in [-0.05, 0) is 31.1 Å². The summed E-state index contributed by atoms with van der Waals surface area (Å²) < 4.78 is 1.30. The Labute approximate surface area is 86.3 Å². The molecular formula is C9H9N3OS. The summed E-state index contributed by atoms with van der Waals surface area (Å²) in [5.74, 6) is 0.501. The number of aryl methyl sites for hydroxylation is 1. The maximum atomic E-state index is 11.5. The molecule has 5 heteroatoms. The van der Waals surface area contributed by atoms with Crippen LogP contribution in [0.1, 0.15) is 24.5 Å². The molecule has 1 fully saturated rings. The monoisotopic (exact) mass is 207 g/mol. The van der Waals surface area contributed by atoms with Crippen LogP contribution in [0.5, 0.6) is 0 Å². The Morgan fingerprint density at radius 2 is 2.43 bits per heavy atom. The lowest BCUT2D eigenvalue weighted by molar-refractivity contribution is 0.680. The molecule has 0 amide bonds. The molecule has 1 aliphatic rings. The quantitative estimate of drug-likeness (QED) is 0.544. The highest BCUT2D eigenvalue weighted by molar-refractivity contribution is 7.78. The molecule has 0 radical (unpaired) electrons. The zero-order valence-corrected chi connectivity index (χ0v) is 8.54. The van der Waals surface area contributed by atoms with E-state index in [2.05, 4.69) is 27.5 Å². The van der Waals surface area contributed by atoms with Crippen LogP contribution in [0, 0.1) is 0 Å². The molecule has 0 bridgehead atoms. The lowest BCUT2D eigenvalue weighted by atomic mass is 10.2. The zero-order valence-electron chi connectivity index (χ0n) is 7.73. The fourth-order valence-electron chi connectivity index (χ4n) is 1.32. The fraction of sp³-hybridized carbons (Fsp3) is 0.444. The number of hydrogen-bond donors (Lipinski definition) is 0. The van der Waals surface area contributed by atoms with Gasteiger partial charge in [0, 0.05) is 13.0 Å². The van der Waals surface area contributed by atoms with Crippen LogP contribution >= 0.6 is 12.2 Å². The van der Waals surface area contributed by atoms with E-state index in [-0.39, 0.29) is 5.56 Å². The molecule has 1 heterocycles. The van der Waals surface area contributed by atoms with Crippen molar-refractivity contribution in [3.63, 3.8) is 0 Å². The summed E-state index contributed by atoms with van der Waals surface area (Å²) in [6, 6.07) is 1.71. The topological polar surface area (TPSA) is 47.2 Å². The van der Waals surface area contributed by atoms with Gasteiger partial charge in [-0.15, -0.1) is 0 Å². The van der Waals surface area contributed by atoms with E-state index in [1.54, 1.807) is 13.1 Å². The molecule has 0 aliphatic heterocycles. The summed E-state index contributed by atoms with van der Waals surface area (Å²) in [6.07, 6.45) is 2.29. The first-order valence-corrected chi connectivity index (χ1v) is 4.79. The SMILES string of the molecule is Cn1nc(C2CC2)cc(N=C=S)c1=O. The highest BCUT2D eigenvalue weighted by Crippen LogP contribution is 2.39. The number of hydrogen-bond acceptors (Lipinski definition) is 4. The van der Waals surface area contributed by atoms with Crippen molar-refractivity contribution in [1.82, 2.24) is 9.78 Å². The number of thiocarbonyl (C=S) groups is 1. The molecule has 1 saturated carbocycles. The second kappa shape index (κ2) is 3.44. The van der Waals surface area contributed by atoms with Crippen LogP contribution < -0.4 is 5.56 Å². The van der Waals surface area contributed by atoms with E-state index >= 15 is 0 Å². The first-order chi connectivity index (χ1) is 6.72. The molecule has 72 valence electrons. The smallest absolute Gasteiger partial charge is 0.265 e. The summed E-state index contributed by atoms with van der Waals surface area (Å²) in [4.78, 5) is 15.2. The Balaban J connectivity index is 2.56. The van der Waals surface area contributed by atoms with Gasteiger partial charge in [-0.1, -0.05) is 0 Å². The Hall–Kier alpha value is -1.32. The Kier molecular flexibility index (Phi) is 2.27. The van der Waals surface area contributed by atoms with Crippen molar-refractivity contribution in [1.29, 1.82) is 0 Å². The molecule has 0 atom stereocenters. The molecule has 2 rings (SSSR count). The van der Waals surface area contributed by atoms with Gasteiger partial charge in [0.1, 0.15) is 5.69 Å². The van der Waals surface area contributed by atoms with Gasteiger partial charge in [0.05, 0.1) is 10.9 Å². The number of aromatic nitrogens is 2. The van der Waals surface area contributed by atoms with Crippen LogP contribution in [-0.4, -0.2) is 14.9 Å². The molecule has 1 aliphatic carbocycles. The van der Waals surface area contributed by atoms with Crippen LogP contribution in [0.4, 0.5) is 5.69 Å². The molecule has 14 heavy (non-hydrogen) atoms. The van der Waals surface area contributed by atoms with E-state index in [4.69, 9.17) is 0 Å². The normalized spacial score (nSPS) is 14.9. The van der Waals surface area contributed by atoms with Gasteiger partial charge in [-0.25, -0.2) is 4.68 Å². The largest absolute Gasteiger partial charge is 0.293 e. The summed E-state index contributed by atoms with van der Waals surface area (Å²) in [5.41, 5.74) is 1.03. The summed E-state index contributed by atoms with van der Waals surface area (Å²) in [7, 11) is 1.62. The minimum atomic E-state index is -0.230. The predicted octanol–water partition coefficient (Wildman–Crippen LogP) is 1.39. The van der Waals surface area contributed by atoms with Gasteiger partial charge in [0.2, 0.25) is 0 Å². The van der Waals surface area contributed by atoms with Crippen molar-refractivity contribution >= 4 is 23.1 Å². The summed E-state index contributed by atoms with van der Waals surface area (Å²) in [6.45, 7) is 0. The van der Waals surface area contributed by atoms with Crippen LogP contribution in [0.3, 0.4) is 0 Å². The number of rotatable bonds is 2. The van der Waals surface area contributed by atoms with E-state index in [1.807, 2.05) is 0 Å². The van der Waals surface area contributed by atoms with Crippen molar-refractivity contribution < 1.29 is 0 Å². The van der Waals surface area contributed by atoms with Crippen molar-refractivity contribution in [2.45, 2.75) is 18.8 Å².